The molecule has 1 aromatic rings. The molecule has 2 rings (SSSR count). The lowest BCUT2D eigenvalue weighted by Gasteiger charge is -2.17. The molecule has 1 aliphatic carbocycles. The molecule has 1 heterocycles. The third kappa shape index (κ3) is 4.05. The summed E-state index contributed by atoms with van der Waals surface area (Å²) in [6, 6.07) is 3.22. The van der Waals surface area contributed by atoms with Crippen molar-refractivity contribution in [2.24, 2.45) is 11.3 Å². The number of rotatable bonds is 4. The highest BCUT2D eigenvalue weighted by Gasteiger charge is 2.24. The maximum absolute atomic E-state index is 11.8. The van der Waals surface area contributed by atoms with Crippen LogP contribution in [0.2, 0.25) is 0 Å². The molecule has 0 spiro atoms. The standard InChI is InChI=1S/C15H20N2O3/c1-15(2,3)14(19)17-12-7-6-11(8-16-12)13(18)20-9-10-4-5-10/h6-8,10H,4-5,9H2,1-3H3,(H,16,17,19). The predicted octanol–water partition coefficient (Wildman–Crippen LogP) is 2.63. The number of amides is 1. The molecule has 5 nitrogen and oxygen atoms in total. The summed E-state index contributed by atoms with van der Waals surface area (Å²) in [5.74, 6) is 0.494. The highest BCUT2D eigenvalue weighted by Crippen LogP contribution is 2.29. The molecule has 1 N–H and O–H groups in total. The van der Waals surface area contributed by atoms with E-state index in [9.17, 15) is 9.59 Å². The fraction of sp³-hybridized carbons (Fsp3) is 0.533. The summed E-state index contributed by atoms with van der Waals surface area (Å²) in [5.41, 5.74) is -0.0804. The number of carbonyl (C=O) groups is 2. The summed E-state index contributed by atoms with van der Waals surface area (Å²) in [6.45, 7) is 5.96. The van der Waals surface area contributed by atoms with E-state index in [1.54, 1.807) is 12.1 Å². The van der Waals surface area contributed by atoms with Gasteiger partial charge >= 0.3 is 5.97 Å². The van der Waals surface area contributed by atoms with Crippen LogP contribution in [-0.4, -0.2) is 23.5 Å². The zero-order valence-electron chi connectivity index (χ0n) is 12.1. The van der Waals surface area contributed by atoms with Crippen LogP contribution < -0.4 is 5.32 Å². The first-order chi connectivity index (χ1) is 9.36. The molecule has 0 unspecified atom stereocenters. The molecule has 0 saturated heterocycles. The van der Waals surface area contributed by atoms with Crippen molar-refractivity contribution in [3.05, 3.63) is 23.9 Å². The average Bonchev–Trinajstić information content (AvgIpc) is 3.19. The third-order valence-electron chi connectivity index (χ3n) is 3.07. The highest BCUT2D eigenvalue weighted by atomic mass is 16.5. The van der Waals surface area contributed by atoms with Gasteiger partial charge in [0.25, 0.3) is 0 Å². The van der Waals surface area contributed by atoms with E-state index in [1.165, 1.54) is 6.20 Å². The number of nitrogens with zero attached hydrogens (tertiary/aromatic N) is 1. The van der Waals surface area contributed by atoms with Crippen LogP contribution in [0, 0.1) is 11.3 Å². The maximum atomic E-state index is 11.8. The van der Waals surface area contributed by atoms with Crippen LogP contribution >= 0.6 is 0 Å². The van der Waals surface area contributed by atoms with Gasteiger partial charge in [0.2, 0.25) is 5.91 Å². The molecular formula is C15H20N2O3. The monoisotopic (exact) mass is 276 g/mol. The van der Waals surface area contributed by atoms with Gasteiger partial charge < -0.3 is 10.1 Å². The van der Waals surface area contributed by atoms with E-state index in [0.29, 0.717) is 23.9 Å². The van der Waals surface area contributed by atoms with E-state index < -0.39 is 5.41 Å². The molecule has 0 aliphatic heterocycles. The van der Waals surface area contributed by atoms with E-state index in [-0.39, 0.29) is 11.9 Å². The minimum Gasteiger partial charge on any atom is -0.462 e. The molecule has 20 heavy (non-hydrogen) atoms. The highest BCUT2D eigenvalue weighted by molar-refractivity contribution is 5.94. The largest absolute Gasteiger partial charge is 0.462 e. The molecule has 0 radical (unpaired) electrons. The number of anilines is 1. The SMILES string of the molecule is CC(C)(C)C(=O)Nc1ccc(C(=O)OCC2CC2)cn1. The zero-order valence-corrected chi connectivity index (χ0v) is 12.1. The van der Waals surface area contributed by atoms with E-state index in [4.69, 9.17) is 4.74 Å². The summed E-state index contributed by atoms with van der Waals surface area (Å²) in [5, 5.41) is 2.71. The second kappa shape index (κ2) is 5.61. The number of aromatic nitrogens is 1. The number of nitrogens with one attached hydrogen (secondary N) is 1. The van der Waals surface area contributed by atoms with Gasteiger partial charge in [0.1, 0.15) is 5.82 Å². The Balaban J connectivity index is 1.91. The molecule has 0 bridgehead atoms. The molecule has 1 aliphatic rings. The summed E-state index contributed by atoms with van der Waals surface area (Å²) >= 11 is 0. The minimum atomic E-state index is -0.483. The number of hydrogen-bond donors (Lipinski definition) is 1. The first kappa shape index (κ1) is 14.5. The predicted molar refractivity (Wildman–Crippen MR) is 75.3 cm³/mol. The van der Waals surface area contributed by atoms with Crippen LogP contribution in [0.3, 0.4) is 0 Å². The van der Waals surface area contributed by atoms with Crippen molar-refractivity contribution in [2.75, 3.05) is 11.9 Å². The summed E-state index contributed by atoms with van der Waals surface area (Å²) in [4.78, 5) is 27.6. The smallest absolute Gasteiger partial charge is 0.339 e. The van der Waals surface area contributed by atoms with Crippen molar-refractivity contribution in [3.8, 4) is 0 Å². The van der Waals surface area contributed by atoms with Crippen LogP contribution in [-0.2, 0) is 9.53 Å². The summed E-state index contributed by atoms with van der Waals surface area (Å²) in [6.07, 6.45) is 3.71. The second-order valence-electron chi connectivity index (χ2n) is 6.18. The molecule has 0 aromatic carbocycles. The van der Waals surface area contributed by atoms with E-state index in [1.807, 2.05) is 20.8 Å². The molecule has 108 valence electrons. The van der Waals surface area contributed by atoms with Crippen LogP contribution in [0.15, 0.2) is 18.3 Å². The lowest BCUT2D eigenvalue weighted by atomic mass is 9.96. The number of carbonyl (C=O) groups excluding carboxylic acids is 2. The van der Waals surface area contributed by atoms with Gasteiger partial charge in [0.05, 0.1) is 12.2 Å². The second-order valence-corrected chi connectivity index (χ2v) is 6.18. The van der Waals surface area contributed by atoms with Crippen molar-refractivity contribution in [3.63, 3.8) is 0 Å². The maximum Gasteiger partial charge on any atom is 0.339 e. The Labute approximate surface area is 118 Å². The molecule has 0 atom stereocenters. The van der Waals surface area contributed by atoms with Gasteiger partial charge in [-0.1, -0.05) is 20.8 Å². The Morgan fingerprint density at radius 3 is 2.55 bits per heavy atom. The summed E-state index contributed by atoms with van der Waals surface area (Å²) < 4.78 is 5.16. The zero-order chi connectivity index (χ0) is 14.8. The number of hydrogen-bond acceptors (Lipinski definition) is 4. The molecule has 1 amide bonds. The van der Waals surface area contributed by atoms with Gasteiger partial charge in [0, 0.05) is 11.6 Å². The Bertz CT molecular complexity index is 499. The molecule has 1 saturated carbocycles. The van der Waals surface area contributed by atoms with Gasteiger partial charge in [-0.05, 0) is 30.9 Å². The van der Waals surface area contributed by atoms with E-state index in [0.717, 1.165) is 12.8 Å². The Morgan fingerprint density at radius 2 is 2.05 bits per heavy atom. The molecule has 5 heteroatoms. The topological polar surface area (TPSA) is 68.3 Å². The fourth-order valence-electron chi connectivity index (χ4n) is 1.45. The van der Waals surface area contributed by atoms with Gasteiger partial charge in [-0.15, -0.1) is 0 Å². The van der Waals surface area contributed by atoms with Crippen molar-refractivity contribution in [2.45, 2.75) is 33.6 Å². The average molecular weight is 276 g/mol. The molecule has 1 aromatic heterocycles. The minimum absolute atomic E-state index is 0.117. The van der Waals surface area contributed by atoms with Gasteiger partial charge in [-0.25, -0.2) is 9.78 Å². The fourth-order valence-corrected chi connectivity index (χ4v) is 1.45. The quantitative estimate of drug-likeness (QED) is 0.858. The lowest BCUT2D eigenvalue weighted by molar-refractivity contribution is -0.123. The van der Waals surface area contributed by atoms with Crippen molar-refractivity contribution in [1.82, 2.24) is 4.98 Å². The number of ether oxygens (including phenoxy) is 1. The normalized spacial score (nSPS) is 14.8. The summed E-state index contributed by atoms with van der Waals surface area (Å²) in [7, 11) is 0. The van der Waals surface area contributed by atoms with Gasteiger partial charge in [-0.3, -0.25) is 4.79 Å². The van der Waals surface area contributed by atoms with Crippen LogP contribution in [0.4, 0.5) is 5.82 Å². The molecule has 1 fully saturated rings. The van der Waals surface area contributed by atoms with Gasteiger partial charge in [0.15, 0.2) is 0 Å². The van der Waals surface area contributed by atoms with E-state index >= 15 is 0 Å². The Kier molecular flexibility index (Phi) is 4.06. The molecular weight excluding hydrogens is 256 g/mol. The Morgan fingerprint density at radius 1 is 1.35 bits per heavy atom. The van der Waals surface area contributed by atoms with Crippen molar-refractivity contribution >= 4 is 17.7 Å². The van der Waals surface area contributed by atoms with Crippen molar-refractivity contribution in [1.29, 1.82) is 0 Å². The van der Waals surface area contributed by atoms with Crippen molar-refractivity contribution < 1.29 is 14.3 Å². The van der Waals surface area contributed by atoms with Crippen LogP contribution in [0.5, 0.6) is 0 Å². The van der Waals surface area contributed by atoms with Crippen LogP contribution in [0.1, 0.15) is 44.0 Å². The Hall–Kier alpha value is -1.91. The third-order valence-corrected chi connectivity index (χ3v) is 3.07. The van der Waals surface area contributed by atoms with E-state index in [2.05, 4.69) is 10.3 Å². The first-order valence-electron chi connectivity index (χ1n) is 6.81. The number of esters is 1. The van der Waals surface area contributed by atoms with Gasteiger partial charge in [-0.2, -0.15) is 0 Å². The first-order valence-corrected chi connectivity index (χ1v) is 6.81. The van der Waals surface area contributed by atoms with Crippen LogP contribution in [0.25, 0.3) is 0 Å². The lowest BCUT2D eigenvalue weighted by Crippen LogP contribution is -2.28. The number of pyridine rings is 1.